The van der Waals surface area contributed by atoms with Crippen molar-refractivity contribution in [2.24, 2.45) is 5.10 Å². The summed E-state index contributed by atoms with van der Waals surface area (Å²) >= 11 is 2.02. The lowest BCUT2D eigenvalue weighted by Crippen LogP contribution is -2.18. The van der Waals surface area contributed by atoms with Crippen molar-refractivity contribution in [3.05, 3.63) is 57.4 Å². The third kappa shape index (κ3) is 3.75. The molecule has 0 saturated carbocycles. The van der Waals surface area contributed by atoms with Crippen molar-refractivity contribution in [3.63, 3.8) is 0 Å². The number of phenols is 1. The van der Waals surface area contributed by atoms with E-state index in [0.717, 1.165) is 9.13 Å². The number of phenolic OH excluding ortho intramolecular Hbond substituents is 1. The van der Waals surface area contributed by atoms with Gasteiger partial charge in [-0.1, -0.05) is 6.07 Å². The first kappa shape index (κ1) is 13.5. The Hall–Kier alpha value is -1.96. The van der Waals surface area contributed by atoms with Gasteiger partial charge >= 0.3 is 0 Å². The second-order valence-electron chi connectivity index (χ2n) is 3.62. The Kier molecular flexibility index (Phi) is 4.45. The highest BCUT2D eigenvalue weighted by Crippen LogP contribution is 2.19. The minimum absolute atomic E-state index is 0.218. The van der Waals surface area contributed by atoms with Crippen LogP contribution in [0, 0.1) is 3.57 Å². The fourth-order valence-corrected chi connectivity index (χ4v) is 1.86. The molecule has 6 heteroatoms. The molecule has 96 valence electrons. The number of aromatic hydroxyl groups is 1. The van der Waals surface area contributed by atoms with E-state index in [1.54, 1.807) is 42.6 Å². The molecular weight excluding hydrogens is 357 g/mol. The molecule has 19 heavy (non-hydrogen) atoms. The average Bonchev–Trinajstić information content (AvgIpc) is 2.43. The number of hydrogen-bond acceptors (Lipinski definition) is 4. The quantitative estimate of drug-likeness (QED) is 0.496. The van der Waals surface area contributed by atoms with Crippen molar-refractivity contribution in [3.8, 4) is 5.75 Å². The van der Waals surface area contributed by atoms with Gasteiger partial charge in [0.2, 0.25) is 0 Å². The van der Waals surface area contributed by atoms with Crippen molar-refractivity contribution in [2.75, 3.05) is 0 Å². The first-order chi connectivity index (χ1) is 9.16. The second kappa shape index (κ2) is 6.28. The highest BCUT2D eigenvalue weighted by molar-refractivity contribution is 14.1. The number of rotatable bonds is 3. The largest absolute Gasteiger partial charge is 0.507 e. The number of nitrogens with zero attached hydrogens (tertiary/aromatic N) is 2. The van der Waals surface area contributed by atoms with E-state index in [0.29, 0.717) is 5.69 Å². The van der Waals surface area contributed by atoms with E-state index in [2.05, 4.69) is 15.5 Å². The number of benzene rings is 1. The van der Waals surface area contributed by atoms with Crippen LogP contribution in [0.25, 0.3) is 0 Å². The summed E-state index contributed by atoms with van der Waals surface area (Å²) in [6.45, 7) is 0. The zero-order chi connectivity index (χ0) is 13.7. The Morgan fingerprint density at radius 1 is 1.37 bits per heavy atom. The van der Waals surface area contributed by atoms with Crippen LogP contribution in [0.1, 0.15) is 16.1 Å². The number of hydrazone groups is 1. The van der Waals surface area contributed by atoms with Crippen LogP contribution in [-0.2, 0) is 0 Å². The number of carbonyl (C=O) groups is 1. The summed E-state index contributed by atoms with van der Waals surface area (Å²) < 4.78 is 0.720. The van der Waals surface area contributed by atoms with E-state index in [4.69, 9.17) is 0 Å². The predicted molar refractivity (Wildman–Crippen MR) is 80.1 cm³/mol. The van der Waals surface area contributed by atoms with Gasteiger partial charge in [0.1, 0.15) is 11.4 Å². The van der Waals surface area contributed by atoms with Gasteiger partial charge < -0.3 is 5.11 Å². The van der Waals surface area contributed by atoms with Gasteiger partial charge in [0.25, 0.3) is 5.91 Å². The monoisotopic (exact) mass is 367 g/mol. The summed E-state index contributed by atoms with van der Waals surface area (Å²) in [5, 5.41) is 13.2. The maximum atomic E-state index is 11.6. The summed E-state index contributed by atoms with van der Waals surface area (Å²) in [7, 11) is 0. The standard InChI is InChI=1S/C13H10IN3O2/c14-10-7-9(4-5-12(10)18)8-16-17-13(19)11-3-1-2-6-15-11/h1-8,18H,(H,17,19)/b16-8+. The molecule has 0 atom stereocenters. The Morgan fingerprint density at radius 2 is 2.21 bits per heavy atom. The summed E-state index contributed by atoms with van der Waals surface area (Å²) in [6.07, 6.45) is 3.05. The van der Waals surface area contributed by atoms with E-state index in [1.165, 1.54) is 6.21 Å². The topological polar surface area (TPSA) is 74.6 Å². The predicted octanol–water partition coefficient (Wildman–Crippen LogP) is 2.16. The van der Waals surface area contributed by atoms with Crippen molar-refractivity contribution in [1.82, 2.24) is 10.4 Å². The Labute approximate surface area is 123 Å². The zero-order valence-electron chi connectivity index (χ0n) is 9.75. The maximum Gasteiger partial charge on any atom is 0.289 e. The van der Waals surface area contributed by atoms with Gasteiger partial charge in [-0.3, -0.25) is 9.78 Å². The first-order valence-electron chi connectivity index (χ1n) is 5.40. The van der Waals surface area contributed by atoms with Gasteiger partial charge in [-0.05, 0) is 58.5 Å². The van der Waals surface area contributed by atoms with Gasteiger partial charge in [-0.15, -0.1) is 0 Å². The first-order valence-corrected chi connectivity index (χ1v) is 6.47. The summed E-state index contributed by atoms with van der Waals surface area (Å²) in [6, 6.07) is 10.1. The molecule has 1 aromatic heterocycles. The number of pyridine rings is 1. The Morgan fingerprint density at radius 3 is 2.89 bits per heavy atom. The van der Waals surface area contributed by atoms with Gasteiger partial charge in [-0.2, -0.15) is 5.10 Å². The van der Waals surface area contributed by atoms with Crippen molar-refractivity contribution < 1.29 is 9.90 Å². The van der Waals surface area contributed by atoms with E-state index >= 15 is 0 Å². The molecule has 2 aromatic rings. The third-order valence-electron chi connectivity index (χ3n) is 2.25. The lowest BCUT2D eigenvalue weighted by atomic mass is 10.2. The molecule has 0 aliphatic carbocycles. The normalized spacial score (nSPS) is 10.6. The van der Waals surface area contributed by atoms with Gasteiger partial charge in [0.15, 0.2) is 0 Å². The molecule has 2 N–H and O–H groups in total. The average molecular weight is 367 g/mol. The van der Waals surface area contributed by atoms with Gasteiger partial charge in [-0.25, -0.2) is 5.43 Å². The van der Waals surface area contributed by atoms with Crippen LogP contribution in [0.2, 0.25) is 0 Å². The van der Waals surface area contributed by atoms with Crippen LogP contribution in [-0.4, -0.2) is 22.2 Å². The fourth-order valence-electron chi connectivity index (χ4n) is 1.32. The number of carbonyl (C=O) groups excluding carboxylic acids is 1. The van der Waals surface area contributed by atoms with E-state index in [9.17, 15) is 9.90 Å². The van der Waals surface area contributed by atoms with E-state index < -0.39 is 0 Å². The van der Waals surface area contributed by atoms with Crippen LogP contribution in [0.15, 0.2) is 47.7 Å². The number of nitrogens with one attached hydrogen (secondary N) is 1. The number of aromatic nitrogens is 1. The molecule has 0 bridgehead atoms. The van der Waals surface area contributed by atoms with Crippen LogP contribution in [0.5, 0.6) is 5.75 Å². The molecule has 0 aliphatic heterocycles. The van der Waals surface area contributed by atoms with Crippen LogP contribution >= 0.6 is 22.6 Å². The fraction of sp³-hybridized carbons (Fsp3) is 0. The Bertz CT molecular complexity index is 615. The summed E-state index contributed by atoms with van der Waals surface area (Å²) in [5.41, 5.74) is 3.47. The van der Waals surface area contributed by atoms with Gasteiger partial charge in [0, 0.05) is 6.20 Å². The van der Waals surface area contributed by atoms with Crippen LogP contribution in [0.4, 0.5) is 0 Å². The van der Waals surface area contributed by atoms with Crippen LogP contribution in [0.3, 0.4) is 0 Å². The van der Waals surface area contributed by atoms with E-state index in [1.807, 2.05) is 22.6 Å². The third-order valence-corrected chi connectivity index (χ3v) is 3.11. The zero-order valence-corrected chi connectivity index (χ0v) is 11.9. The molecular formula is C13H10IN3O2. The lowest BCUT2D eigenvalue weighted by Gasteiger charge is -1.99. The lowest BCUT2D eigenvalue weighted by molar-refractivity contribution is 0.0950. The van der Waals surface area contributed by atoms with Crippen molar-refractivity contribution in [2.45, 2.75) is 0 Å². The second-order valence-corrected chi connectivity index (χ2v) is 4.79. The summed E-state index contributed by atoms with van der Waals surface area (Å²) in [4.78, 5) is 15.5. The molecule has 5 nitrogen and oxygen atoms in total. The number of halogens is 1. The Balaban J connectivity index is 2.00. The van der Waals surface area contributed by atoms with Gasteiger partial charge in [0.05, 0.1) is 9.78 Å². The highest BCUT2D eigenvalue weighted by atomic mass is 127. The molecule has 1 aromatic carbocycles. The molecule has 0 fully saturated rings. The molecule has 2 rings (SSSR count). The minimum atomic E-state index is -0.370. The number of amides is 1. The van der Waals surface area contributed by atoms with E-state index in [-0.39, 0.29) is 11.7 Å². The SMILES string of the molecule is O=C(N/N=C/c1ccc(O)c(I)c1)c1ccccn1. The van der Waals surface area contributed by atoms with Crippen LogP contribution < -0.4 is 5.43 Å². The molecule has 0 unspecified atom stereocenters. The summed E-state index contributed by atoms with van der Waals surface area (Å²) in [5.74, 6) is -0.152. The van der Waals surface area contributed by atoms with Crippen molar-refractivity contribution in [1.29, 1.82) is 0 Å². The molecule has 0 spiro atoms. The molecule has 1 amide bonds. The smallest absolute Gasteiger partial charge is 0.289 e. The molecule has 1 heterocycles. The molecule has 0 radical (unpaired) electrons. The highest BCUT2D eigenvalue weighted by Gasteiger charge is 2.03. The van der Waals surface area contributed by atoms with Crippen molar-refractivity contribution >= 4 is 34.7 Å². The minimum Gasteiger partial charge on any atom is -0.507 e. The molecule has 0 saturated heterocycles. The molecule has 0 aliphatic rings. The number of hydrogen-bond donors (Lipinski definition) is 2. The maximum absolute atomic E-state index is 11.6.